The Kier molecular flexibility index (Phi) is 6.75. The molecule has 0 aliphatic heterocycles. The quantitative estimate of drug-likeness (QED) is 0.679. The zero-order valence-corrected chi connectivity index (χ0v) is 14.1. The number of hydrogen-bond donors (Lipinski definition) is 2. The number of aliphatic hydroxyl groups is 1. The van der Waals surface area contributed by atoms with Crippen LogP contribution in [0.2, 0.25) is 0 Å². The van der Waals surface area contributed by atoms with Crippen LogP contribution in [-0.2, 0) is 0 Å². The van der Waals surface area contributed by atoms with Crippen LogP contribution < -0.4 is 14.8 Å². The molecule has 6 nitrogen and oxygen atoms in total. The maximum Gasteiger partial charge on any atom is 0.206 e. The molecular formula is C14H19N3O3S2. The Hall–Kier alpha value is -1.51. The van der Waals surface area contributed by atoms with Crippen molar-refractivity contribution in [3.05, 3.63) is 24.3 Å². The highest BCUT2D eigenvalue weighted by Crippen LogP contribution is 2.26. The summed E-state index contributed by atoms with van der Waals surface area (Å²) in [5.41, 5.74) is 0. The zero-order valence-electron chi connectivity index (χ0n) is 12.5. The molecule has 1 aromatic carbocycles. The molecule has 0 saturated carbocycles. The fraction of sp³-hybridized carbons (Fsp3) is 0.429. The minimum absolute atomic E-state index is 0.234. The van der Waals surface area contributed by atoms with E-state index in [1.54, 1.807) is 7.11 Å². The molecule has 2 rings (SSSR count). The first-order valence-electron chi connectivity index (χ1n) is 6.86. The third kappa shape index (κ3) is 5.36. The lowest BCUT2D eigenvalue weighted by atomic mass is 10.3. The SMILES string of the molecule is CCNc1nnc(SC[C@H](O)COc2ccc(OC)cc2)s1. The normalized spacial score (nSPS) is 12.0. The van der Waals surface area contributed by atoms with Gasteiger partial charge in [0.25, 0.3) is 0 Å². The van der Waals surface area contributed by atoms with Gasteiger partial charge in [-0.05, 0) is 31.2 Å². The molecule has 2 aromatic rings. The van der Waals surface area contributed by atoms with Crippen molar-refractivity contribution in [2.24, 2.45) is 0 Å². The second-order valence-corrected chi connectivity index (χ2v) is 6.60. The number of methoxy groups -OCH3 is 1. The molecule has 0 bridgehead atoms. The molecule has 1 heterocycles. The number of benzene rings is 1. The third-order valence-electron chi connectivity index (χ3n) is 2.64. The van der Waals surface area contributed by atoms with Crippen LogP contribution in [0.4, 0.5) is 5.13 Å². The summed E-state index contributed by atoms with van der Waals surface area (Å²) in [5.74, 6) is 1.99. The van der Waals surface area contributed by atoms with Gasteiger partial charge < -0.3 is 19.9 Å². The smallest absolute Gasteiger partial charge is 0.206 e. The van der Waals surface area contributed by atoms with Gasteiger partial charge in [0.15, 0.2) is 4.34 Å². The summed E-state index contributed by atoms with van der Waals surface area (Å²) in [5, 5.41) is 21.9. The highest BCUT2D eigenvalue weighted by Gasteiger charge is 2.10. The Labute approximate surface area is 137 Å². The number of hydrogen-bond acceptors (Lipinski definition) is 8. The minimum Gasteiger partial charge on any atom is -0.497 e. The van der Waals surface area contributed by atoms with Crippen LogP contribution in [0.5, 0.6) is 11.5 Å². The van der Waals surface area contributed by atoms with Gasteiger partial charge >= 0.3 is 0 Å². The van der Waals surface area contributed by atoms with Gasteiger partial charge in [-0.1, -0.05) is 23.1 Å². The molecule has 0 unspecified atom stereocenters. The molecule has 1 atom stereocenters. The third-order valence-corrected chi connectivity index (χ3v) is 4.79. The molecule has 0 saturated heterocycles. The number of nitrogens with one attached hydrogen (secondary N) is 1. The standard InChI is InChI=1S/C14H19N3O3S2/c1-3-15-13-16-17-14(22-13)21-9-10(18)8-20-12-6-4-11(19-2)5-7-12/h4-7,10,18H,3,8-9H2,1-2H3,(H,15,16)/t10-/m1/s1. The van der Waals surface area contributed by atoms with Gasteiger partial charge in [0, 0.05) is 12.3 Å². The number of ether oxygens (including phenoxy) is 2. The fourth-order valence-corrected chi connectivity index (χ4v) is 3.32. The zero-order chi connectivity index (χ0) is 15.8. The second-order valence-electron chi connectivity index (χ2n) is 4.35. The molecule has 1 aromatic heterocycles. The van der Waals surface area contributed by atoms with Gasteiger partial charge in [0.1, 0.15) is 18.1 Å². The van der Waals surface area contributed by atoms with E-state index in [0.29, 0.717) is 11.5 Å². The van der Waals surface area contributed by atoms with E-state index in [2.05, 4.69) is 15.5 Å². The number of anilines is 1. The van der Waals surface area contributed by atoms with Crippen LogP contribution in [-0.4, -0.2) is 47.4 Å². The number of aromatic nitrogens is 2. The first-order chi connectivity index (χ1) is 10.7. The van der Waals surface area contributed by atoms with Gasteiger partial charge in [0.05, 0.1) is 13.2 Å². The Morgan fingerprint density at radius 3 is 2.68 bits per heavy atom. The number of aliphatic hydroxyl groups excluding tert-OH is 1. The van der Waals surface area contributed by atoms with Crippen molar-refractivity contribution in [1.29, 1.82) is 0 Å². The largest absolute Gasteiger partial charge is 0.497 e. The van der Waals surface area contributed by atoms with Gasteiger partial charge in [-0.2, -0.15) is 0 Å². The molecule has 120 valence electrons. The molecule has 0 radical (unpaired) electrons. The van der Waals surface area contributed by atoms with E-state index in [-0.39, 0.29) is 6.61 Å². The highest BCUT2D eigenvalue weighted by molar-refractivity contribution is 8.01. The van der Waals surface area contributed by atoms with Crippen molar-refractivity contribution >= 4 is 28.2 Å². The summed E-state index contributed by atoms with van der Waals surface area (Å²) in [4.78, 5) is 0. The van der Waals surface area contributed by atoms with E-state index in [4.69, 9.17) is 9.47 Å². The van der Waals surface area contributed by atoms with Crippen LogP contribution in [0.1, 0.15) is 6.92 Å². The summed E-state index contributed by atoms with van der Waals surface area (Å²) in [6.45, 7) is 3.06. The molecule has 0 aliphatic rings. The molecule has 0 amide bonds. The summed E-state index contributed by atoms with van der Waals surface area (Å²) in [6, 6.07) is 7.26. The summed E-state index contributed by atoms with van der Waals surface area (Å²) in [7, 11) is 1.62. The lowest BCUT2D eigenvalue weighted by Crippen LogP contribution is -2.19. The molecule has 0 fully saturated rings. The van der Waals surface area contributed by atoms with Gasteiger partial charge in [-0.25, -0.2) is 0 Å². The van der Waals surface area contributed by atoms with Crippen molar-refractivity contribution in [3.63, 3.8) is 0 Å². The summed E-state index contributed by atoms with van der Waals surface area (Å²) in [6.07, 6.45) is -0.571. The van der Waals surface area contributed by atoms with Crippen molar-refractivity contribution in [2.75, 3.05) is 31.3 Å². The van der Waals surface area contributed by atoms with Crippen LogP contribution in [0, 0.1) is 0 Å². The number of nitrogens with zero attached hydrogens (tertiary/aromatic N) is 2. The molecule has 0 aliphatic carbocycles. The minimum atomic E-state index is -0.571. The molecule has 22 heavy (non-hydrogen) atoms. The van der Waals surface area contributed by atoms with Gasteiger partial charge in [-0.15, -0.1) is 10.2 Å². The van der Waals surface area contributed by atoms with Crippen molar-refractivity contribution in [1.82, 2.24) is 10.2 Å². The first kappa shape index (κ1) is 16.9. The summed E-state index contributed by atoms with van der Waals surface area (Å²) < 4.78 is 11.4. The van der Waals surface area contributed by atoms with E-state index in [1.807, 2.05) is 31.2 Å². The van der Waals surface area contributed by atoms with Crippen LogP contribution in [0.3, 0.4) is 0 Å². The monoisotopic (exact) mass is 341 g/mol. The van der Waals surface area contributed by atoms with E-state index in [0.717, 1.165) is 21.8 Å². The Bertz CT molecular complexity index is 563. The fourth-order valence-electron chi connectivity index (χ4n) is 1.57. The topological polar surface area (TPSA) is 76.5 Å². The van der Waals surface area contributed by atoms with Crippen molar-refractivity contribution in [3.8, 4) is 11.5 Å². The van der Waals surface area contributed by atoms with Crippen molar-refractivity contribution in [2.45, 2.75) is 17.4 Å². The first-order valence-corrected chi connectivity index (χ1v) is 8.66. The van der Waals surface area contributed by atoms with E-state index < -0.39 is 6.10 Å². The van der Waals surface area contributed by atoms with Gasteiger partial charge in [0.2, 0.25) is 5.13 Å². The second kappa shape index (κ2) is 8.82. The van der Waals surface area contributed by atoms with E-state index >= 15 is 0 Å². The average molecular weight is 341 g/mol. The predicted octanol–water partition coefficient (Wildman–Crippen LogP) is 2.51. The summed E-state index contributed by atoms with van der Waals surface area (Å²) >= 11 is 2.95. The van der Waals surface area contributed by atoms with E-state index in [1.165, 1.54) is 23.1 Å². The predicted molar refractivity (Wildman–Crippen MR) is 89.3 cm³/mol. The lowest BCUT2D eigenvalue weighted by Gasteiger charge is -2.11. The Morgan fingerprint density at radius 1 is 1.27 bits per heavy atom. The Morgan fingerprint density at radius 2 is 2.00 bits per heavy atom. The van der Waals surface area contributed by atoms with Gasteiger partial charge in [-0.3, -0.25) is 0 Å². The Balaban J connectivity index is 1.71. The number of rotatable bonds is 9. The van der Waals surface area contributed by atoms with E-state index in [9.17, 15) is 5.11 Å². The maximum atomic E-state index is 9.95. The molecule has 0 spiro atoms. The number of thioether (sulfide) groups is 1. The van der Waals surface area contributed by atoms with Crippen LogP contribution in [0.25, 0.3) is 0 Å². The average Bonchev–Trinajstić information content (AvgIpc) is 2.99. The van der Waals surface area contributed by atoms with Crippen LogP contribution >= 0.6 is 23.1 Å². The molecular weight excluding hydrogens is 322 g/mol. The van der Waals surface area contributed by atoms with Crippen LogP contribution in [0.15, 0.2) is 28.6 Å². The molecule has 8 heteroatoms. The highest BCUT2D eigenvalue weighted by atomic mass is 32.2. The lowest BCUT2D eigenvalue weighted by molar-refractivity contribution is 0.126. The maximum absolute atomic E-state index is 9.95. The molecule has 2 N–H and O–H groups in total. The van der Waals surface area contributed by atoms with Crippen molar-refractivity contribution < 1.29 is 14.6 Å².